The molecule has 0 saturated carbocycles. The third-order valence-electron chi connectivity index (χ3n) is 7.02. The molecule has 1 amide bonds. The lowest BCUT2D eigenvalue weighted by molar-refractivity contribution is -0.111. The van der Waals surface area contributed by atoms with Crippen LogP contribution in [0.15, 0.2) is 60.9 Å². The second kappa shape index (κ2) is 10.8. The molecule has 10 heteroatoms. The highest BCUT2D eigenvalue weighted by Gasteiger charge is 2.29. The van der Waals surface area contributed by atoms with Crippen LogP contribution in [0.1, 0.15) is 13.8 Å². The molecule has 9 nitrogen and oxygen atoms in total. The van der Waals surface area contributed by atoms with Crippen molar-refractivity contribution in [2.24, 2.45) is 0 Å². The number of hydrogen-bond donors (Lipinski definition) is 2. The number of anilines is 4. The molecule has 0 aliphatic carbocycles. The van der Waals surface area contributed by atoms with Crippen LogP contribution in [-0.4, -0.2) is 65.1 Å². The Morgan fingerprint density at radius 1 is 1.11 bits per heavy atom. The average molecular weight is 530 g/mol. The van der Waals surface area contributed by atoms with Crippen molar-refractivity contribution < 1.29 is 9.53 Å². The monoisotopic (exact) mass is 529 g/mol. The zero-order valence-corrected chi connectivity index (χ0v) is 22.7. The van der Waals surface area contributed by atoms with Gasteiger partial charge in [0.1, 0.15) is 17.9 Å². The van der Waals surface area contributed by atoms with Crippen molar-refractivity contribution in [3.05, 3.63) is 60.9 Å². The number of fused-ring (bicyclic) bond motifs is 1. The highest BCUT2D eigenvalue weighted by Crippen LogP contribution is 2.39. The maximum absolute atomic E-state index is 12.4. The standard InChI is InChI=1S/C28H31N7O2S/c1-6-28(36)33-22-10-23(25(37-5)12-24(22)35-13-17(2)34(4)18(3)14-35)32-27-11-21(29-15-30-27)19-7-8-20-26(9-19)38-16-31-20/h6-12,15-18H,1,13-14H2,2-5H3,(H,33,36)(H,29,30,32)/t17-,18+. The predicted molar refractivity (Wildman–Crippen MR) is 155 cm³/mol. The van der Waals surface area contributed by atoms with Gasteiger partial charge in [-0.3, -0.25) is 9.69 Å². The van der Waals surface area contributed by atoms with Gasteiger partial charge >= 0.3 is 0 Å². The van der Waals surface area contributed by atoms with Gasteiger partial charge in [-0.2, -0.15) is 0 Å². The summed E-state index contributed by atoms with van der Waals surface area (Å²) < 4.78 is 6.88. The summed E-state index contributed by atoms with van der Waals surface area (Å²) in [6, 6.07) is 12.5. The number of likely N-dealkylation sites (N-methyl/N-ethyl adjacent to an activating group) is 1. The smallest absolute Gasteiger partial charge is 0.247 e. The van der Waals surface area contributed by atoms with Gasteiger partial charge < -0.3 is 20.3 Å². The maximum atomic E-state index is 12.4. The molecule has 0 spiro atoms. The molecule has 1 aliphatic rings. The Labute approximate surface area is 226 Å². The minimum Gasteiger partial charge on any atom is -0.494 e. The summed E-state index contributed by atoms with van der Waals surface area (Å²) in [6.45, 7) is 9.68. The summed E-state index contributed by atoms with van der Waals surface area (Å²) in [6.07, 6.45) is 2.80. The molecule has 38 heavy (non-hydrogen) atoms. The van der Waals surface area contributed by atoms with Gasteiger partial charge in [0.05, 0.1) is 45.6 Å². The van der Waals surface area contributed by atoms with E-state index in [1.165, 1.54) is 12.4 Å². The minimum absolute atomic E-state index is 0.277. The SMILES string of the molecule is C=CC(=O)Nc1cc(Nc2cc(-c3ccc4ncsc4c3)ncn2)c(OC)cc1N1C[C@@H](C)N(C)[C@@H](C)C1. The Hall–Kier alpha value is -4.02. The molecular formula is C28H31N7O2S. The molecule has 2 aromatic heterocycles. The van der Waals surface area contributed by atoms with Crippen LogP contribution in [0.4, 0.5) is 22.9 Å². The summed E-state index contributed by atoms with van der Waals surface area (Å²) in [5.41, 5.74) is 6.81. The number of nitrogens with zero attached hydrogens (tertiary/aromatic N) is 5. The number of benzene rings is 2. The first-order chi connectivity index (χ1) is 18.4. The number of thiazole rings is 1. The van der Waals surface area contributed by atoms with Crippen molar-refractivity contribution in [2.45, 2.75) is 25.9 Å². The van der Waals surface area contributed by atoms with Crippen LogP contribution in [0.25, 0.3) is 21.5 Å². The zero-order valence-electron chi connectivity index (χ0n) is 21.9. The van der Waals surface area contributed by atoms with Crippen molar-refractivity contribution in [1.82, 2.24) is 19.9 Å². The molecule has 3 heterocycles. The number of nitrogens with one attached hydrogen (secondary N) is 2. The topological polar surface area (TPSA) is 95.5 Å². The maximum Gasteiger partial charge on any atom is 0.247 e. The lowest BCUT2D eigenvalue weighted by Gasteiger charge is -2.44. The second-order valence-corrected chi connectivity index (χ2v) is 10.4. The molecule has 2 N–H and O–H groups in total. The van der Waals surface area contributed by atoms with Crippen LogP contribution in [0, 0.1) is 0 Å². The van der Waals surface area contributed by atoms with Gasteiger partial charge in [-0.1, -0.05) is 12.6 Å². The fraction of sp³-hybridized carbons (Fsp3) is 0.286. The van der Waals surface area contributed by atoms with Crippen molar-refractivity contribution in [3.8, 4) is 17.0 Å². The molecule has 196 valence electrons. The van der Waals surface area contributed by atoms with Gasteiger partial charge in [0.25, 0.3) is 0 Å². The lowest BCUT2D eigenvalue weighted by atomic mass is 10.1. The van der Waals surface area contributed by atoms with E-state index in [9.17, 15) is 4.79 Å². The Morgan fingerprint density at radius 3 is 2.63 bits per heavy atom. The van der Waals surface area contributed by atoms with E-state index in [0.717, 1.165) is 40.3 Å². The molecule has 0 radical (unpaired) electrons. The fourth-order valence-corrected chi connectivity index (χ4v) is 5.43. The number of methoxy groups -OCH3 is 1. The highest BCUT2D eigenvalue weighted by molar-refractivity contribution is 7.16. The van der Waals surface area contributed by atoms with E-state index in [4.69, 9.17) is 4.74 Å². The lowest BCUT2D eigenvalue weighted by Crippen LogP contribution is -2.55. The first-order valence-corrected chi connectivity index (χ1v) is 13.3. The van der Waals surface area contributed by atoms with E-state index in [1.807, 2.05) is 35.8 Å². The molecule has 1 aliphatic heterocycles. The molecule has 2 aromatic carbocycles. The van der Waals surface area contributed by atoms with E-state index in [1.54, 1.807) is 18.4 Å². The van der Waals surface area contributed by atoms with Crippen molar-refractivity contribution >= 4 is 50.3 Å². The molecule has 5 rings (SSSR count). The van der Waals surface area contributed by atoms with Crippen LogP contribution >= 0.6 is 11.3 Å². The number of ether oxygens (including phenoxy) is 1. The number of rotatable bonds is 7. The number of carbonyl (C=O) groups excluding carboxylic acids is 1. The third-order valence-corrected chi connectivity index (χ3v) is 7.81. The Bertz CT molecular complexity index is 1480. The van der Waals surface area contributed by atoms with E-state index in [2.05, 4.69) is 68.9 Å². The van der Waals surface area contributed by atoms with Crippen molar-refractivity contribution in [3.63, 3.8) is 0 Å². The van der Waals surface area contributed by atoms with Crippen molar-refractivity contribution in [1.29, 1.82) is 0 Å². The van der Waals surface area contributed by atoms with Gasteiger partial charge in [0, 0.05) is 42.9 Å². The first-order valence-electron chi connectivity index (χ1n) is 12.4. The largest absolute Gasteiger partial charge is 0.494 e. The molecule has 4 aromatic rings. The van der Waals surface area contributed by atoms with E-state index < -0.39 is 0 Å². The number of piperazine rings is 1. The average Bonchev–Trinajstić information content (AvgIpc) is 3.40. The quantitative estimate of drug-likeness (QED) is 0.317. The zero-order chi connectivity index (χ0) is 26.8. The Kier molecular flexibility index (Phi) is 7.26. The Balaban J connectivity index is 1.49. The molecule has 2 atom stereocenters. The van der Waals surface area contributed by atoms with E-state index in [0.29, 0.717) is 35.0 Å². The summed E-state index contributed by atoms with van der Waals surface area (Å²) in [4.78, 5) is 30.3. The molecule has 0 bridgehead atoms. The fourth-order valence-electron chi connectivity index (χ4n) is 4.72. The van der Waals surface area contributed by atoms with Gasteiger partial charge in [0.15, 0.2) is 0 Å². The van der Waals surface area contributed by atoms with Crippen LogP contribution in [0.2, 0.25) is 0 Å². The number of carbonyl (C=O) groups is 1. The summed E-state index contributed by atoms with van der Waals surface area (Å²) in [5, 5.41) is 6.34. The molecule has 0 unspecified atom stereocenters. The van der Waals surface area contributed by atoms with Crippen molar-refractivity contribution in [2.75, 3.05) is 42.8 Å². The van der Waals surface area contributed by atoms with Crippen LogP contribution in [0.5, 0.6) is 5.75 Å². The van der Waals surface area contributed by atoms with Gasteiger partial charge in [-0.15, -0.1) is 11.3 Å². The van der Waals surface area contributed by atoms with Crippen LogP contribution in [-0.2, 0) is 4.79 Å². The highest BCUT2D eigenvalue weighted by atomic mass is 32.1. The number of aromatic nitrogens is 3. The van der Waals surface area contributed by atoms with E-state index >= 15 is 0 Å². The predicted octanol–water partition coefficient (Wildman–Crippen LogP) is 5.16. The van der Waals surface area contributed by atoms with Crippen LogP contribution in [0.3, 0.4) is 0 Å². The summed E-state index contributed by atoms with van der Waals surface area (Å²) in [5.74, 6) is 0.968. The Morgan fingerprint density at radius 2 is 1.89 bits per heavy atom. The van der Waals surface area contributed by atoms with Crippen LogP contribution < -0.4 is 20.3 Å². The van der Waals surface area contributed by atoms with Gasteiger partial charge in [0.2, 0.25) is 5.91 Å². The third kappa shape index (κ3) is 5.18. The second-order valence-electron chi connectivity index (χ2n) is 9.48. The molecular weight excluding hydrogens is 498 g/mol. The summed E-state index contributed by atoms with van der Waals surface area (Å²) in [7, 11) is 3.78. The normalized spacial score (nSPS) is 17.8. The van der Waals surface area contributed by atoms with Gasteiger partial charge in [-0.25, -0.2) is 15.0 Å². The first kappa shape index (κ1) is 25.6. The minimum atomic E-state index is -0.277. The number of amides is 1. The molecule has 1 fully saturated rings. The number of hydrogen-bond acceptors (Lipinski definition) is 9. The summed E-state index contributed by atoms with van der Waals surface area (Å²) >= 11 is 1.59. The van der Waals surface area contributed by atoms with Gasteiger partial charge in [-0.05, 0) is 45.2 Å². The molecule has 1 saturated heterocycles. The van der Waals surface area contributed by atoms with E-state index in [-0.39, 0.29) is 5.91 Å².